The minimum Gasteiger partial charge on any atom is -0.462 e. The second kappa shape index (κ2) is 8.16. The lowest BCUT2D eigenvalue weighted by Crippen LogP contribution is -2.28. The van der Waals surface area contributed by atoms with Gasteiger partial charge < -0.3 is 20.1 Å². The molecule has 3 N–H and O–H groups in total. The van der Waals surface area contributed by atoms with Gasteiger partial charge in [0.05, 0.1) is 19.3 Å². The number of aromatic nitrogens is 3. The maximum Gasteiger partial charge on any atom is 0.343 e. The van der Waals surface area contributed by atoms with Gasteiger partial charge in [0.25, 0.3) is 0 Å². The molecule has 3 aromatic rings. The van der Waals surface area contributed by atoms with Crippen molar-refractivity contribution in [3.63, 3.8) is 0 Å². The lowest BCUT2D eigenvalue weighted by Gasteiger charge is -2.18. The Morgan fingerprint density at radius 2 is 2.23 bits per heavy atom. The van der Waals surface area contributed by atoms with Gasteiger partial charge in [0.15, 0.2) is 0 Å². The van der Waals surface area contributed by atoms with Gasteiger partial charge in [-0.25, -0.2) is 9.78 Å². The number of carbonyl (C=O) groups excluding carboxylic acids is 1. The lowest BCUT2D eigenvalue weighted by atomic mass is 10.1. The van der Waals surface area contributed by atoms with Gasteiger partial charge in [0.1, 0.15) is 11.4 Å². The van der Waals surface area contributed by atoms with Gasteiger partial charge >= 0.3 is 5.97 Å². The van der Waals surface area contributed by atoms with Crippen molar-refractivity contribution in [3.8, 4) is 0 Å². The standard InChI is InChI=1S/C18H19ClN4O3/c1-2-26-17(25)14-9-21-18(19)23-16(14)22-12(10-24)7-11-8-20-15-6-4-3-5-13(11)15/h3-6,8-9,12,20,24H,2,7,10H2,1H3,(H,21,22,23)/t12-/m0/s1. The number of nitrogens with zero attached hydrogens (tertiary/aromatic N) is 2. The minimum absolute atomic E-state index is 0.00401. The molecule has 136 valence electrons. The van der Waals surface area contributed by atoms with Crippen molar-refractivity contribution in [1.82, 2.24) is 15.0 Å². The van der Waals surface area contributed by atoms with E-state index in [4.69, 9.17) is 16.3 Å². The van der Waals surface area contributed by atoms with Crippen LogP contribution in [0.25, 0.3) is 10.9 Å². The molecule has 0 amide bonds. The number of aromatic amines is 1. The van der Waals surface area contributed by atoms with E-state index in [0.717, 1.165) is 16.5 Å². The Morgan fingerprint density at radius 3 is 3.00 bits per heavy atom. The summed E-state index contributed by atoms with van der Waals surface area (Å²) in [4.78, 5) is 23.2. The zero-order valence-electron chi connectivity index (χ0n) is 14.2. The summed E-state index contributed by atoms with van der Waals surface area (Å²) >= 11 is 5.86. The van der Waals surface area contributed by atoms with Crippen LogP contribution in [0.3, 0.4) is 0 Å². The van der Waals surface area contributed by atoms with E-state index in [1.165, 1.54) is 6.20 Å². The number of rotatable bonds is 7. The maximum absolute atomic E-state index is 12.1. The molecule has 7 nitrogen and oxygen atoms in total. The molecule has 0 saturated carbocycles. The number of H-pyrrole nitrogens is 1. The van der Waals surface area contributed by atoms with Crippen LogP contribution < -0.4 is 5.32 Å². The minimum atomic E-state index is -0.546. The highest BCUT2D eigenvalue weighted by Crippen LogP contribution is 2.21. The predicted octanol–water partition coefficient (Wildman–Crippen LogP) is 2.80. The van der Waals surface area contributed by atoms with Crippen molar-refractivity contribution < 1.29 is 14.6 Å². The van der Waals surface area contributed by atoms with Crippen molar-refractivity contribution in [1.29, 1.82) is 0 Å². The molecular weight excluding hydrogens is 356 g/mol. The third-order valence-corrected chi connectivity index (χ3v) is 4.14. The van der Waals surface area contributed by atoms with E-state index >= 15 is 0 Å². The zero-order chi connectivity index (χ0) is 18.5. The van der Waals surface area contributed by atoms with Gasteiger partial charge in [0, 0.05) is 23.3 Å². The number of fused-ring (bicyclic) bond motifs is 1. The number of nitrogens with one attached hydrogen (secondary N) is 2. The zero-order valence-corrected chi connectivity index (χ0v) is 15.0. The molecule has 2 aromatic heterocycles. The number of aliphatic hydroxyl groups excluding tert-OH is 1. The smallest absolute Gasteiger partial charge is 0.343 e. The molecule has 0 fully saturated rings. The highest BCUT2D eigenvalue weighted by molar-refractivity contribution is 6.28. The Kier molecular flexibility index (Phi) is 5.70. The van der Waals surface area contributed by atoms with E-state index in [1.54, 1.807) is 6.92 Å². The Bertz CT molecular complexity index is 912. The first-order valence-electron chi connectivity index (χ1n) is 8.24. The van der Waals surface area contributed by atoms with Crippen LogP contribution in [-0.2, 0) is 11.2 Å². The van der Waals surface area contributed by atoms with Crippen molar-refractivity contribution in [2.24, 2.45) is 0 Å². The number of benzene rings is 1. The average molecular weight is 375 g/mol. The van der Waals surface area contributed by atoms with E-state index < -0.39 is 5.97 Å². The fourth-order valence-corrected chi connectivity index (χ4v) is 2.88. The van der Waals surface area contributed by atoms with Crippen LogP contribution in [0.4, 0.5) is 5.82 Å². The second-order valence-electron chi connectivity index (χ2n) is 5.71. The number of para-hydroxylation sites is 1. The highest BCUT2D eigenvalue weighted by Gasteiger charge is 2.19. The first-order valence-corrected chi connectivity index (χ1v) is 8.62. The number of esters is 1. The molecule has 26 heavy (non-hydrogen) atoms. The van der Waals surface area contributed by atoms with Gasteiger partial charge in [-0.3, -0.25) is 0 Å². The molecule has 0 aliphatic rings. The first-order chi connectivity index (χ1) is 12.6. The van der Waals surface area contributed by atoms with E-state index in [-0.39, 0.29) is 35.9 Å². The van der Waals surface area contributed by atoms with Gasteiger partial charge in [-0.2, -0.15) is 4.98 Å². The van der Waals surface area contributed by atoms with Gasteiger partial charge in [-0.15, -0.1) is 0 Å². The number of anilines is 1. The molecular formula is C18H19ClN4O3. The Labute approximate surface area is 155 Å². The molecule has 2 heterocycles. The molecule has 0 spiro atoms. The van der Waals surface area contributed by atoms with Gasteiger partial charge in [-0.05, 0) is 36.6 Å². The summed E-state index contributed by atoms with van der Waals surface area (Å²) in [6.07, 6.45) is 3.76. The third kappa shape index (κ3) is 3.95. The summed E-state index contributed by atoms with van der Waals surface area (Å²) in [7, 11) is 0. The molecule has 0 aliphatic heterocycles. The second-order valence-corrected chi connectivity index (χ2v) is 6.05. The molecule has 3 rings (SSSR count). The molecule has 0 radical (unpaired) electrons. The number of hydrogen-bond donors (Lipinski definition) is 3. The maximum atomic E-state index is 12.1. The number of aliphatic hydroxyl groups is 1. The average Bonchev–Trinajstić information content (AvgIpc) is 3.04. The SMILES string of the molecule is CCOC(=O)c1cnc(Cl)nc1N[C@H](CO)Cc1c[nH]c2ccccc12. The quantitative estimate of drug-likeness (QED) is 0.434. The Balaban J connectivity index is 1.84. The Morgan fingerprint density at radius 1 is 1.42 bits per heavy atom. The van der Waals surface area contributed by atoms with E-state index in [2.05, 4.69) is 20.3 Å². The van der Waals surface area contributed by atoms with Gasteiger partial charge in [-0.1, -0.05) is 18.2 Å². The molecule has 0 saturated heterocycles. The van der Waals surface area contributed by atoms with Crippen LogP contribution in [-0.4, -0.2) is 45.3 Å². The predicted molar refractivity (Wildman–Crippen MR) is 99.5 cm³/mol. The number of carbonyl (C=O) groups is 1. The van der Waals surface area contributed by atoms with Crippen LogP contribution >= 0.6 is 11.6 Å². The van der Waals surface area contributed by atoms with Gasteiger partial charge in [0.2, 0.25) is 5.28 Å². The monoisotopic (exact) mass is 374 g/mol. The van der Waals surface area contributed by atoms with Crippen molar-refractivity contribution in [2.45, 2.75) is 19.4 Å². The molecule has 1 atom stereocenters. The highest BCUT2D eigenvalue weighted by atomic mass is 35.5. The van der Waals surface area contributed by atoms with Crippen molar-refractivity contribution >= 4 is 34.3 Å². The first kappa shape index (κ1) is 18.2. The van der Waals surface area contributed by atoms with Crippen LogP contribution in [0, 0.1) is 0 Å². The largest absolute Gasteiger partial charge is 0.462 e. The van der Waals surface area contributed by atoms with Crippen LogP contribution in [0.1, 0.15) is 22.8 Å². The van der Waals surface area contributed by atoms with Crippen molar-refractivity contribution in [3.05, 3.63) is 53.1 Å². The normalized spacial score (nSPS) is 12.1. The molecule has 0 bridgehead atoms. The molecule has 1 aromatic carbocycles. The van der Waals surface area contributed by atoms with Crippen LogP contribution in [0.2, 0.25) is 5.28 Å². The van der Waals surface area contributed by atoms with E-state index in [9.17, 15) is 9.90 Å². The number of ether oxygens (including phenoxy) is 1. The summed E-state index contributed by atoms with van der Waals surface area (Å²) in [6.45, 7) is 1.80. The fourth-order valence-electron chi connectivity index (χ4n) is 2.75. The summed E-state index contributed by atoms with van der Waals surface area (Å²) in [5.41, 5.74) is 2.25. The van der Waals surface area contributed by atoms with Crippen molar-refractivity contribution in [2.75, 3.05) is 18.5 Å². The lowest BCUT2D eigenvalue weighted by molar-refractivity contribution is 0.0526. The topological polar surface area (TPSA) is 100 Å². The fraction of sp³-hybridized carbons (Fsp3) is 0.278. The third-order valence-electron chi connectivity index (χ3n) is 3.96. The summed E-state index contributed by atoms with van der Waals surface area (Å²) in [5, 5.41) is 14.0. The molecule has 8 heteroatoms. The van der Waals surface area contributed by atoms with Crippen LogP contribution in [0.5, 0.6) is 0 Å². The molecule has 0 aliphatic carbocycles. The molecule has 0 unspecified atom stereocenters. The van der Waals surface area contributed by atoms with Crippen LogP contribution in [0.15, 0.2) is 36.7 Å². The number of hydrogen-bond acceptors (Lipinski definition) is 6. The summed E-state index contributed by atoms with van der Waals surface area (Å²) in [6, 6.07) is 7.56. The Hall–Kier alpha value is -2.64. The van der Waals surface area contributed by atoms with E-state index in [0.29, 0.717) is 6.42 Å². The summed E-state index contributed by atoms with van der Waals surface area (Å²) in [5.74, 6) is -0.308. The number of halogens is 1. The van der Waals surface area contributed by atoms with E-state index in [1.807, 2.05) is 30.5 Å². The summed E-state index contributed by atoms with van der Waals surface area (Å²) < 4.78 is 5.02.